The standard InChI is InChI=1S/C21H27N5O/c1-15-4-3-5-19(16(15)2)25-10-12-26(13-11-25)20-9-8-18(14-22-20)24-21(27)23-17-6-7-17/h3-5,8-9,14,17H,6-7,10-13H2,1-2H3,(H2,23,24,27). The number of nitrogens with one attached hydrogen (secondary N) is 2. The van der Waals surface area contributed by atoms with E-state index in [0.717, 1.165) is 50.5 Å². The van der Waals surface area contributed by atoms with Gasteiger partial charge in [0.25, 0.3) is 0 Å². The molecule has 0 spiro atoms. The molecule has 2 aliphatic rings. The number of benzene rings is 1. The average Bonchev–Trinajstić information content (AvgIpc) is 3.49. The molecule has 6 nitrogen and oxygen atoms in total. The van der Waals surface area contributed by atoms with Crippen LogP contribution in [0, 0.1) is 13.8 Å². The van der Waals surface area contributed by atoms with E-state index in [-0.39, 0.29) is 6.03 Å². The molecule has 2 fully saturated rings. The van der Waals surface area contributed by atoms with E-state index in [9.17, 15) is 4.79 Å². The minimum atomic E-state index is -0.144. The SMILES string of the molecule is Cc1cccc(N2CCN(c3ccc(NC(=O)NC4CC4)cn3)CC2)c1C. The summed E-state index contributed by atoms with van der Waals surface area (Å²) >= 11 is 0. The van der Waals surface area contributed by atoms with Crippen LogP contribution in [0.25, 0.3) is 0 Å². The normalized spacial score (nSPS) is 17.0. The Morgan fingerprint density at radius 2 is 1.78 bits per heavy atom. The fourth-order valence-corrected chi connectivity index (χ4v) is 3.48. The fraction of sp³-hybridized carbons (Fsp3) is 0.429. The van der Waals surface area contributed by atoms with Gasteiger partial charge in [-0.2, -0.15) is 0 Å². The molecule has 1 aliphatic heterocycles. The summed E-state index contributed by atoms with van der Waals surface area (Å²) in [6, 6.07) is 10.6. The largest absolute Gasteiger partial charge is 0.368 e. The van der Waals surface area contributed by atoms with E-state index in [4.69, 9.17) is 0 Å². The number of aryl methyl sites for hydroxylation is 1. The fourth-order valence-electron chi connectivity index (χ4n) is 3.48. The molecule has 1 saturated carbocycles. The predicted octanol–water partition coefficient (Wildman–Crippen LogP) is 3.31. The van der Waals surface area contributed by atoms with Crippen LogP contribution in [0.5, 0.6) is 0 Å². The second kappa shape index (κ2) is 7.47. The summed E-state index contributed by atoms with van der Waals surface area (Å²) in [4.78, 5) is 21.1. The van der Waals surface area contributed by atoms with E-state index in [0.29, 0.717) is 6.04 Å². The molecule has 2 heterocycles. The van der Waals surface area contributed by atoms with Crippen molar-refractivity contribution in [3.8, 4) is 0 Å². The van der Waals surface area contributed by atoms with Crippen molar-refractivity contribution < 1.29 is 4.79 Å². The molecule has 0 atom stereocenters. The molecule has 142 valence electrons. The van der Waals surface area contributed by atoms with Gasteiger partial charge in [0.2, 0.25) is 0 Å². The smallest absolute Gasteiger partial charge is 0.319 e. The van der Waals surface area contributed by atoms with Crippen LogP contribution in [-0.4, -0.2) is 43.2 Å². The zero-order chi connectivity index (χ0) is 18.8. The number of hydrogen-bond donors (Lipinski definition) is 2. The van der Waals surface area contributed by atoms with Gasteiger partial charge in [-0.15, -0.1) is 0 Å². The van der Waals surface area contributed by atoms with Gasteiger partial charge < -0.3 is 20.4 Å². The monoisotopic (exact) mass is 365 g/mol. The van der Waals surface area contributed by atoms with Crippen molar-refractivity contribution in [3.05, 3.63) is 47.7 Å². The Bertz CT molecular complexity index is 808. The van der Waals surface area contributed by atoms with Gasteiger partial charge in [0, 0.05) is 37.9 Å². The molecule has 1 aromatic carbocycles. The topological polar surface area (TPSA) is 60.5 Å². The first-order valence-electron chi connectivity index (χ1n) is 9.70. The third-order valence-corrected chi connectivity index (χ3v) is 5.44. The van der Waals surface area contributed by atoms with E-state index in [2.05, 4.69) is 57.5 Å². The van der Waals surface area contributed by atoms with E-state index in [1.165, 1.54) is 16.8 Å². The molecule has 1 aromatic heterocycles. The Balaban J connectivity index is 1.33. The molecule has 4 rings (SSSR count). The first kappa shape index (κ1) is 17.6. The number of hydrogen-bond acceptors (Lipinski definition) is 4. The number of carbonyl (C=O) groups is 1. The van der Waals surface area contributed by atoms with Gasteiger partial charge >= 0.3 is 6.03 Å². The van der Waals surface area contributed by atoms with Crippen LogP contribution in [0.1, 0.15) is 24.0 Å². The third kappa shape index (κ3) is 4.15. The molecule has 27 heavy (non-hydrogen) atoms. The number of nitrogens with zero attached hydrogens (tertiary/aromatic N) is 3. The molecule has 0 unspecified atom stereocenters. The maximum absolute atomic E-state index is 11.8. The zero-order valence-electron chi connectivity index (χ0n) is 16.0. The highest BCUT2D eigenvalue weighted by Gasteiger charge is 2.23. The zero-order valence-corrected chi connectivity index (χ0v) is 16.0. The third-order valence-electron chi connectivity index (χ3n) is 5.44. The molecule has 0 radical (unpaired) electrons. The van der Waals surface area contributed by atoms with E-state index in [1.807, 2.05) is 12.1 Å². The van der Waals surface area contributed by atoms with E-state index in [1.54, 1.807) is 6.20 Å². The molecule has 2 aromatic rings. The van der Waals surface area contributed by atoms with Crippen LogP contribution >= 0.6 is 0 Å². The lowest BCUT2D eigenvalue weighted by atomic mass is 10.1. The maximum Gasteiger partial charge on any atom is 0.319 e. The lowest BCUT2D eigenvalue weighted by Gasteiger charge is -2.37. The van der Waals surface area contributed by atoms with Gasteiger partial charge in [0.1, 0.15) is 5.82 Å². The average molecular weight is 365 g/mol. The Labute approximate surface area is 160 Å². The Morgan fingerprint density at radius 3 is 2.44 bits per heavy atom. The van der Waals surface area contributed by atoms with Gasteiger partial charge in [0.05, 0.1) is 11.9 Å². The van der Waals surface area contributed by atoms with Gasteiger partial charge in [-0.3, -0.25) is 0 Å². The van der Waals surface area contributed by atoms with Crippen molar-refractivity contribution >= 4 is 23.2 Å². The molecule has 0 bridgehead atoms. The summed E-state index contributed by atoms with van der Waals surface area (Å²) in [5, 5.41) is 5.76. The number of aromatic nitrogens is 1. The van der Waals surface area contributed by atoms with Gasteiger partial charge in [-0.25, -0.2) is 9.78 Å². The minimum absolute atomic E-state index is 0.144. The molecule has 6 heteroatoms. The van der Waals surface area contributed by atoms with Crippen molar-refractivity contribution in [2.75, 3.05) is 41.3 Å². The first-order valence-corrected chi connectivity index (χ1v) is 9.70. The Kier molecular flexibility index (Phi) is 4.88. The molecule has 2 N–H and O–H groups in total. The van der Waals surface area contributed by atoms with Gasteiger partial charge in [0.15, 0.2) is 0 Å². The quantitative estimate of drug-likeness (QED) is 0.873. The highest BCUT2D eigenvalue weighted by Crippen LogP contribution is 2.25. The lowest BCUT2D eigenvalue weighted by molar-refractivity contribution is 0.251. The van der Waals surface area contributed by atoms with E-state index >= 15 is 0 Å². The van der Waals surface area contributed by atoms with Crippen molar-refractivity contribution in [3.63, 3.8) is 0 Å². The highest BCUT2D eigenvalue weighted by molar-refractivity contribution is 5.89. The lowest BCUT2D eigenvalue weighted by Crippen LogP contribution is -2.47. The van der Waals surface area contributed by atoms with Crippen molar-refractivity contribution in [2.45, 2.75) is 32.7 Å². The Hall–Kier alpha value is -2.76. The van der Waals surface area contributed by atoms with Crippen LogP contribution in [0.2, 0.25) is 0 Å². The molecule has 2 amide bonds. The maximum atomic E-state index is 11.8. The number of rotatable bonds is 4. The molecular weight excluding hydrogens is 338 g/mol. The number of urea groups is 1. The number of amides is 2. The van der Waals surface area contributed by atoms with Crippen LogP contribution < -0.4 is 20.4 Å². The summed E-state index contributed by atoms with van der Waals surface area (Å²) in [7, 11) is 0. The van der Waals surface area contributed by atoms with Crippen LogP contribution in [-0.2, 0) is 0 Å². The van der Waals surface area contributed by atoms with Crippen LogP contribution in [0.4, 0.5) is 22.0 Å². The molecular formula is C21H27N5O. The number of carbonyl (C=O) groups excluding carboxylic acids is 1. The molecule has 1 aliphatic carbocycles. The second-order valence-electron chi connectivity index (χ2n) is 7.47. The molecule has 1 saturated heterocycles. The van der Waals surface area contributed by atoms with Crippen molar-refractivity contribution in [1.29, 1.82) is 0 Å². The second-order valence-corrected chi connectivity index (χ2v) is 7.47. The van der Waals surface area contributed by atoms with E-state index < -0.39 is 0 Å². The number of piperazine rings is 1. The van der Waals surface area contributed by atoms with Gasteiger partial charge in [-0.05, 0) is 56.0 Å². The highest BCUT2D eigenvalue weighted by atomic mass is 16.2. The van der Waals surface area contributed by atoms with Crippen molar-refractivity contribution in [2.24, 2.45) is 0 Å². The predicted molar refractivity (Wildman–Crippen MR) is 110 cm³/mol. The van der Waals surface area contributed by atoms with Crippen molar-refractivity contribution in [1.82, 2.24) is 10.3 Å². The first-order chi connectivity index (χ1) is 13.1. The Morgan fingerprint density at radius 1 is 1.04 bits per heavy atom. The minimum Gasteiger partial charge on any atom is -0.368 e. The summed E-state index contributed by atoms with van der Waals surface area (Å²) < 4.78 is 0. The van der Waals surface area contributed by atoms with Crippen LogP contribution in [0.15, 0.2) is 36.5 Å². The summed E-state index contributed by atoms with van der Waals surface area (Å²) in [6.07, 6.45) is 3.90. The number of pyridine rings is 1. The van der Waals surface area contributed by atoms with Crippen LogP contribution in [0.3, 0.4) is 0 Å². The summed E-state index contributed by atoms with van der Waals surface area (Å²) in [5.41, 5.74) is 4.77. The summed E-state index contributed by atoms with van der Waals surface area (Å²) in [5.74, 6) is 0.962. The summed E-state index contributed by atoms with van der Waals surface area (Å²) in [6.45, 7) is 8.21. The van der Waals surface area contributed by atoms with Gasteiger partial charge in [-0.1, -0.05) is 12.1 Å². The number of anilines is 3.